The molecule has 0 unspecified atom stereocenters. The second-order valence-electron chi connectivity index (χ2n) is 3.31. The van der Waals surface area contributed by atoms with Crippen molar-refractivity contribution >= 4 is 17.0 Å². The van der Waals surface area contributed by atoms with Crippen LogP contribution in [0.3, 0.4) is 0 Å². The lowest BCUT2D eigenvalue weighted by molar-refractivity contribution is 1.18. The van der Waals surface area contributed by atoms with E-state index in [1.54, 1.807) is 12.4 Å². The van der Waals surface area contributed by atoms with E-state index in [0.717, 1.165) is 18.7 Å². The Hall–Kier alpha value is -1.35. The Balaban J connectivity index is 1.93. The first-order valence-corrected chi connectivity index (χ1v) is 5.91. The lowest BCUT2D eigenvalue weighted by Crippen LogP contribution is -1.96. The van der Waals surface area contributed by atoms with Gasteiger partial charge in [0.1, 0.15) is 0 Å². The molecule has 2 nitrogen and oxygen atoms in total. The van der Waals surface area contributed by atoms with Gasteiger partial charge in [-0.15, -0.1) is 11.3 Å². The van der Waals surface area contributed by atoms with E-state index in [4.69, 9.17) is 0 Å². The van der Waals surface area contributed by atoms with Crippen LogP contribution in [0.1, 0.15) is 16.7 Å². The zero-order chi connectivity index (χ0) is 10.5. The molecule has 15 heavy (non-hydrogen) atoms. The number of anilines is 1. The van der Waals surface area contributed by atoms with Crippen LogP contribution in [-0.2, 0) is 13.0 Å². The Morgan fingerprint density at radius 3 is 2.53 bits per heavy atom. The largest absolute Gasteiger partial charge is 0.380 e. The maximum Gasteiger partial charge on any atom is 0.0494 e. The van der Waals surface area contributed by atoms with Gasteiger partial charge in [-0.3, -0.25) is 4.98 Å². The molecule has 0 aliphatic rings. The van der Waals surface area contributed by atoms with E-state index < -0.39 is 0 Å². The number of rotatable bonds is 4. The van der Waals surface area contributed by atoms with Crippen molar-refractivity contribution < 1.29 is 0 Å². The van der Waals surface area contributed by atoms with Crippen LogP contribution in [-0.4, -0.2) is 4.98 Å². The zero-order valence-electron chi connectivity index (χ0n) is 8.73. The van der Waals surface area contributed by atoms with Gasteiger partial charge < -0.3 is 5.32 Å². The summed E-state index contributed by atoms with van der Waals surface area (Å²) in [7, 11) is 0. The van der Waals surface area contributed by atoms with E-state index >= 15 is 0 Å². The minimum absolute atomic E-state index is 0.898. The molecule has 0 saturated carbocycles. The van der Waals surface area contributed by atoms with Gasteiger partial charge in [0.25, 0.3) is 0 Å². The Morgan fingerprint density at radius 2 is 1.87 bits per heavy atom. The summed E-state index contributed by atoms with van der Waals surface area (Å²) in [6.45, 7) is 3.08. The number of aromatic nitrogens is 1. The van der Waals surface area contributed by atoms with Crippen LogP contribution in [0.15, 0.2) is 36.7 Å². The normalized spacial score (nSPS) is 10.2. The summed E-state index contributed by atoms with van der Waals surface area (Å²) in [6.07, 6.45) is 4.72. The third-order valence-electron chi connectivity index (χ3n) is 2.21. The van der Waals surface area contributed by atoms with Gasteiger partial charge in [0.05, 0.1) is 0 Å². The highest BCUT2D eigenvalue weighted by atomic mass is 32.1. The predicted octanol–water partition coefficient (Wildman–Crippen LogP) is 3.32. The smallest absolute Gasteiger partial charge is 0.0494 e. The van der Waals surface area contributed by atoms with Crippen LogP contribution in [0.25, 0.3) is 0 Å². The Morgan fingerprint density at radius 1 is 1.13 bits per heavy atom. The predicted molar refractivity (Wildman–Crippen MR) is 65.3 cm³/mol. The fourth-order valence-electron chi connectivity index (χ4n) is 1.37. The van der Waals surface area contributed by atoms with Crippen molar-refractivity contribution in [3.63, 3.8) is 0 Å². The average molecular weight is 218 g/mol. The molecule has 2 aromatic rings. The van der Waals surface area contributed by atoms with Crippen LogP contribution < -0.4 is 5.32 Å². The van der Waals surface area contributed by atoms with E-state index in [2.05, 4.69) is 29.4 Å². The zero-order valence-corrected chi connectivity index (χ0v) is 9.55. The molecule has 0 amide bonds. The molecule has 2 rings (SSSR count). The molecule has 1 N–H and O–H groups in total. The molecule has 0 aliphatic heterocycles. The van der Waals surface area contributed by atoms with Gasteiger partial charge in [-0.2, -0.15) is 0 Å². The molecule has 0 fully saturated rings. The van der Waals surface area contributed by atoms with Gasteiger partial charge in [-0.1, -0.05) is 6.92 Å². The van der Waals surface area contributed by atoms with Crippen LogP contribution in [0.4, 0.5) is 5.69 Å². The molecule has 0 aromatic carbocycles. The van der Waals surface area contributed by atoms with Crippen LogP contribution in [0.5, 0.6) is 0 Å². The molecule has 3 heteroatoms. The van der Waals surface area contributed by atoms with Gasteiger partial charge in [0.2, 0.25) is 0 Å². The highest BCUT2D eigenvalue weighted by Crippen LogP contribution is 2.18. The second kappa shape index (κ2) is 4.94. The summed E-state index contributed by atoms with van der Waals surface area (Å²) in [5.41, 5.74) is 1.12. The van der Waals surface area contributed by atoms with Crippen molar-refractivity contribution in [2.75, 3.05) is 5.32 Å². The van der Waals surface area contributed by atoms with Crippen molar-refractivity contribution in [2.24, 2.45) is 0 Å². The molecule has 0 aliphatic carbocycles. The van der Waals surface area contributed by atoms with Gasteiger partial charge >= 0.3 is 0 Å². The molecule has 2 aromatic heterocycles. The van der Waals surface area contributed by atoms with E-state index in [1.165, 1.54) is 9.75 Å². The standard InChI is InChI=1S/C12H14N2S/c1-2-11-3-4-12(15-11)9-14-10-5-7-13-8-6-10/h3-8H,2,9H2,1H3,(H,13,14). The van der Waals surface area contributed by atoms with Crippen LogP contribution >= 0.6 is 11.3 Å². The third-order valence-corrected chi connectivity index (χ3v) is 3.44. The quantitative estimate of drug-likeness (QED) is 0.851. The summed E-state index contributed by atoms with van der Waals surface area (Å²) in [5.74, 6) is 0. The molecule has 78 valence electrons. The van der Waals surface area contributed by atoms with Crippen molar-refractivity contribution in [3.05, 3.63) is 46.4 Å². The number of aryl methyl sites for hydroxylation is 1. The van der Waals surface area contributed by atoms with Crippen LogP contribution in [0, 0.1) is 0 Å². The van der Waals surface area contributed by atoms with Gasteiger partial charge in [0.15, 0.2) is 0 Å². The summed E-state index contributed by atoms with van der Waals surface area (Å²) < 4.78 is 0. The molecule has 2 heterocycles. The minimum Gasteiger partial charge on any atom is -0.380 e. The van der Waals surface area contributed by atoms with E-state index in [1.807, 2.05) is 23.5 Å². The molecule has 0 radical (unpaired) electrons. The molecule has 0 bridgehead atoms. The van der Waals surface area contributed by atoms with Crippen molar-refractivity contribution in [2.45, 2.75) is 19.9 Å². The number of pyridine rings is 1. The highest BCUT2D eigenvalue weighted by molar-refractivity contribution is 7.12. The molecule has 0 atom stereocenters. The summed E-state index contributed by atoms with van der Waals surface area (Å²) in [5, 5.41) is 3.37. The highest BCUT2D eigenvalue weighted by Gasteiger charge is 1.98. The summed E-state index contributed by atoms with van der Waals surface area (Å²) in [4.78, 5) is 6.80. The van der Waals surface area contributed by atoms with Crippen molar-refractivity contribution in [3.8, 4) is 0 Å². The molecule has 0 saturated heterocycles. The lowest BCUT2D eigenvalue weighted by Gasteiger charge is -2.02. The first-order chi connectivity index (χ1) is 7.38. The minimum atomic E-state index is 0.898. The SMILES string of the molecule is CCc1ccc(CNc2ccncc2)s1. The third kappa shape index (κ3) is 2.80. The first-order valence-electron chi connectivity index (χ1n) is 5.10. The van der Waals surface area contributed by atoms with E-state index in [-0.39, 0.29) is 0 Å². The Kier molecular flexibility index (Phi) is 3.35. The maximum absolute atomic E-state index is 3.98. The Bertz CT molecular complexity index is 409. The number of hydrogen-bond acceptors (Lipinski definition) is 3. The van der Waals surface area contributed by atoms with Crippen molar-refractivity contribution in [1.29, 1.82) is 0 Å². The van der Waals surface area contributed by atoms with Crippen LogP contribution in [0.2, 0.25) is 0 Å². The fourth-order valence-corrected chi connectivity index (χ4v) is 2.26. The number of nitrogens with zero attached hydrogens (tertiary/aromatic N) is 1. The van der Waals surface area contributed by atoms with E-state index in [9.17, 15) is 0 Å². The fraction of sp³-hybridized carbons (Fsp3) is 0.250. The average Bonchev–Trinajstić information content (AvgIpc) is 2.76. The molecule has 0 spiro atoms. The Labute approximate surface area is 94.0 Å². The lowest BCUT2D eigenvalue weighted by atomic mass is 10.3. The van der Waals surface area contributed by atoms with Crippen molar-refractivity contribution in [1.82, 2.24) is 4.98 Å². The number of thiophene rings is 1. The van der Waals surface area contributed by atoms with E-state index in [0.29, 0.717) is 0 Å². The van der Waals surface area contributed by atoms with Gasteiger partial charge in [-0.05, 0) is 30.7 Å². The maximum atomic E-state index is 3.98. The van der Waals surface area contributed by atoms with Gasteiger partial charge in [0, 0.05) is 34.4 Å². The van der Waals surface area contributed by atoms with Gasteiger partial charge in [-0.25, -0.2) is 0 Å². The first kappa shape index (κ1) is 10.2. The monoisotopic (exact) mass is 218 g/mol. The second-order valence-corrected chi connectivity index (χ2v) is 4.56. The molecular weight excluding hydrogens is 204 g/mol. The number of hydrogen-bond donors (Lipinski definition) is 1. The molecular formula is C12H14N2S. The topological polar surface area (TPSA) is 24.9 Å². The summed E-state index contributed by atoms with van der Waals surface area (Å²) in [6, 6.07) is 8.36. The number of nitrogens with one attached hydrogen (secondary N) is 1. The summed E-state index contributed by atoms with van der Waals surface area (Å²) >= 11 is 1.87.